The van der Waals surface area contributed by atoms with Crippen molar-refractivity contribution < 1.29 is 49.5 Å². The Morgan fingerprint density at radius 3 is 2.40 bits per heavy atom. The summed E-state index contributed by atoms with van der Waals surface area (Å²) in [5, 5.41) is 0.719. The second-order valence-electron chi connectivity index (χ2n) is 13.3. The van der Waals surface area contributed by atoms with Gasteiger partial charge in [0.25, 0.3) is 11.8 Å². The molecule has 0 bridgehead atoms. The van der Waals surface area contributed by atoms with Crippen LogP contribution in [0.4, 0.5) is 23.2 Å². The van der Waals surface area contributed by atoms with E-state index in [1.165, 1.54) is 0 Å². The summed E-state index contributed by atoms with van der Waals surface area (Å²) >= 11 is 0. The molecule has 2 saturated heterocycles. The summed E-state index contributed by atoms with van der Waals surface area (Å²) in [4.78, 5) is 45.5. The zero-order chi connectivity index (χ0) is 37.7. The van der Waals surface area contributed by atoms with Crippen molar-refractivity contribution in [1.29, 1.82) is 0 Å². The van der Waals surface area contributed by atoms with Crippen LogP contribution in [0.5, 0.6) is 5.75 Å². The molecule has 0 unspecified atom stereocenters. The van der Waals surface area contributed by atoms with E-state index in [-0.39, 0.29) is 44.2 Å². The molecule has 3 aliphatic heterocycles. The number of alkyl halides is 3. The van der Waals surface area contributed by atoms with Gasteiger partial charge >= 0.3 is 22.2 Å². The van der Waals surface area contributed by atoms with Crippen LogP contribution in [-0.4, -0.2) is 107 Å². The number of rotatable bonds is 8. The van der Waals surface area contributed by atoms with Crippen LogP contribution in [0.15, 0.2) is 27.4 Å². The predicted molar refractivity (Wildman–Crippen MR) is 181 cm³/mol. The fraction of sp³-hybridized carbons (Fsp3) is 0.500. The zero-order valence-corrected chi connectivity index (χ0v) is 29.9. The minimum absolute atomic E-state index is 0.0208. The second kappa shape index (κ2) is 14.3. The van der Waals surface area contributed by atoms with Gasteiger partial charge in [0.1, 0.15) is 5.58 Å². The van der Waals surface area contributed by atoms with Crippen molar-refractivity contribution in [2.75, 3.05) is 64.9 Å². The number of benzene rings is 2. The van der Waals surface area contributed by atoms with Gasteiger partial charge in [0.2, 0.25) is 0 Å². The van der Waals surface area contributed by atoms with Gasteiger partial charge in [-0.05, 0) is 69.5 Å². The van der Waals surface area contributed by atoms with E-state index in [4.69, 9.17) is 9.15 Å². The smallest absolute Gasteiger partial charge is 0.422 e. The lowest BCUT2D eigenvalue weighted by Gasteiger charge is -2.41. The number of likely N-dealkylation sites (N-methyl/N-ethyl adjacent to an activating group) is 1. The Bertz CT molecular complexity index is 2080. The molecule has 282 valence electrons. The first-order chi connectivity index (χ1) is 24.5. The van der Waals surface area contributed by atoms with E-state index in [0.29, 0.717) is 43.2 Å². The first-order valence-corrected chi connectivity index (χ1v) is 18.2. The number of hydrogen-bond acceptors (Lipinski definition) is 10. The number of fused-ring (bicyclic) bond motifs is 3. The molecule has 13 nitrogen and oxygen atoms in total. The molecule has 52 heavy (non-hydrogen) atoms. The number of carbonyl (C=O) groups excluding carboxylic acids is 2. The minimum Gasteiger partial charge on any atom is -0.422 e. The van der Waals surface area contributed by atoms with Crippen molar-refractivity contribution in [1.82, 2.24) is 18.8 Å². The van der Waals surface area contributed by atoms with Gasteiger partial charge < -0.3 is 23.7 Å². The lowest BCUT2D eigenvalue weighted by atomic mass is 9.92. The highest BCUT2D eigenvalue weighted by molar-refractivity contribution is 7.87. The number of piperazine rings is 1. The van der Waals surface area contributed by atoms with Crippen molar-refractivity contribution in [3.8, 4) is 5.75 Å². The Hall–Kier alpha value is -4.26. The number of ether oxygens (including phenoxy) is 2. The Kier molecular flexibility index (Phi) is 10.3. The zero-order valence-electron chi connectivity index (χ0n) is 29.1. The Morgan fingerprint density at radius 2 is 1.73 bits per heavy atom. The molecule has 18 heteroatoms. The SMILES string of the molecule is COC[C@H]1CN(c2cc(C)c3c4c(c(=O)oc3c2C)CN(C(=O)c2ccc(C(=O)NS(=O)(=O)N3CCCC3)c(OC(F)(F)F)c2F)CC4)CCN1C. The molecule has 0 aliphatic carbocycles. The predicted octanol–water partition coefficient (Wildman–Crippen LogP) is 3.48. The lowest BCUT2D eigenvalue weighted by Crippen LogP contribution is -2.53. The molecule has 2 amide bonds. The third-order valence-electron chi connectivity index (χ3n) is 9.97. The third kappa shape index (κ3) is 7.20. The number of hydrogen-bond donors (Lipinski definition) is 1. The molecule has 2 fully saturated rings. The largest absolute Gasteiger partial charge is 0.573 e. The number of halogens is 4. The molecule has 1 aromatic heterocycles. The van der Waals surface area contributed by atoms with Crippen molar-refractivity contribution in [2.24, 2.45) is 0 Å². The third-order valence-corrected chi connectivity index (χ3v) is 11.5. The molecule has 2 aromatic carbocycles. The molecule has 3 aliphatic rings. The van der Waals surface area contributed by atoms with Crippen LogP contribution in [0, 0.1) is 19.7 Å². The summed E-state index contributed by atoms with van der Waals surface area (Å²) in [5.41, 5.74) is 1.11. The Labute approximate surface area is 297 Å². The lowest BCUT2D eigenvalue weighted by molar-refractivity contribution is -0.275. The number of nitrogens with one attached hydrogen (secondary N) is 1. The highest BCUT2D eigenvalue weighted by atomic mass is 32.2. The van der Waals surface area contributed by atoms with Gasteiger partial charge in [0, 0.05) is 63.0 Å². The van der Waals surface area contributed by atoms with Crippen LogP contribution >= 0.6 is 0 Å². The van der Waals surface area contributed by atoms with Gasteiger partial charge in [-0.1, -0.05) is 0 Å². The highest BCUT2D eigenvalue weighted by Gasteiger charge is 2.38. The molecule has 3 aromatic rings. The summed E-state index contributed by atoms with van der Waals surface area (Å²) < 4.78 is 99.0. The first-order valence-electron chi connectivity index (χ1n) is 16.7. The van der Waals surface area contributed by atoms with Crippen LogP contribution in [0.1, 0.15) is 55.8 Å². The maximum absolute atomic E-state index is 15.8. The molecule has 1 N–H and O–H groups in total. The molecular weight excluding hydrogens is 714 g/mol. The summed E-state index contributed by atoms with van der Waals surface area (Å²) in [6, 6.07) is 3.67. The van der Waals surface area contributed by atoms with E-state index in [9.17, 15) is 36.0 Å². The van der Waals surface area contributed by atoms with E-state index in [2.05, 4.69) is 14.5 Å². The maximum atomic E-state index is 15.8. The van der Waals surface area contributed by atoms with Gasteiger partial charge in [-0.3, -0.25) is 14.5 Å². The van der Waals surface area contributed by atoms with Crippen LogP contribution < -0.4 is 20.0 Å². The van der Waals surface area contributed by atoms with Gasteiger partial charge in [0.05, 0.1) is 35.9 Å². The van der Waals surface area contributed by atoms with E-state index in [0.717, 1.165) is 50.6 Å². The fourth-order valence-corrected chi connectivity index (χ4v) is 8.45. The fourth-order valence-electron chi connectivity index (χ4n) is 7.24. The molecule has 4 heterocycles. The van der Waals surface area contributed by atoms with Gasteiger partial charge in [0.15, 0.2) is 11.6 Å². The number of anilines is 1. The summed E-state index contributed by atoms with van der Waals surface area (Å²) in [6.45, 7) is 6.45. The van der Waals surface area contributed by atoms with E-state index in [1.54, 1.807) is 11.8 Å². The Balaban J connectivity index is 1.30. The molecule has 0 saturated carbocycles. The van der Waals surface area contributed by atoms with Crippen molar-refractivity contribution >= 4 is 38.7 Å². The average molecular weight is 754 g/mol. The first kappa shape index (κ1) is 37.5. The molecule has 0 spiro atoms. The molecule has 6 rings (SSSR count). The summed E-state index contributed by atoms with van der Waals surface area (Å²) in [7, 11) is -0.740. The monoisotopic (exact) mass is 753 g/mol. The average Bonchev–Trinajstić information content (AvgIpc) is 3.64. The van der Waals surface area contributed by atoms with Crippen molar-refractivity contribution in [2.45, 2.75) is 52.1 Å². The van der Waals surface area contributed by atoms with E-state index < -0.39 is 56.7 Å². The standard InChI is InChI=1S/C34H39F4N5O8S/c1-19-15-26(41-14-13-40(3)21(16-41)18-49-4)20(2)29-27(19)22-9-12-42(17-25(22)33(46)50-29)32(45)23-7-8-24(30(28(23)35)51-34(36,37)38)31(44)39-52(47,48)43-10-5-6-11-43/h7-8,15,21H,5-6,9-14,16-18H2,1-4H3,(H,39,44)/t21-/m1/s1. The number of amides is 2. The number of nitrogens with zero attached hydrogens (tertiary/aromatic N) is 4. The molecular formula is C34H39F4N5O8S. The normalized spacial score (nSPS) is 18.9. The minimum atomic E-state index is -5.50. The Morgan fingerprint density at radius 1 is 1.04 bits per heavy atom. The van der Waals surface area contributed by atoms with Crippen molar-refractivity contribution in [3.05, 3.63) is 67.8 Å². The number of methoxy groups -OCH3 is 1. The highest BCUT2D eigenvalue weighted by Crippen LogP contribution is 2.37. The van der Waals surface area contributed by atoms with Crippen molar-refractivity contribution in [3.63, 3.8) is 0 Å². The summed E-state index contributed by atoms with van der Waals surface area (Å²) in [6.07, 6.45) is -4.29. The van der Waals surface area contributed by atoms with E-state index >= 15 is 4.39 Å². The second-order valence-corrected chi connectivity index (χ2v) is 15.0. The molecule has 1 atom stereocenters. The van der Waals surface area contributed by atoms with Crippen LogP contribution in [-0.2, 0) is 27.9 Å². The van der Waals surface area contributed by atoms with Gasteiger partial charge in [-0.25, -0.2) is 13.9 Å². The summed E-state index contributed by atoms with van der Waals surface area (Å²) in [5.74, 6) is -6.13. The van der Waals surface area contributed by atoms with Gasteiger partial charge in [-0.15, -0.1) is 13.2 Å². The van der Waals surface area contributed by atoms with Crippen LogP contribution in [0.3, 0.4) is 0 Å². The maximum Gasteiger partial charge on any atom is 0.573 e. The molecule has 0 radical (unpaired) electrons. The van der Waals surface area contributed by atoms with Crippen LogP contribution in [0.25, 0.3) is 11.0 Å². The van der Waals surface area contributed by atoms with E-state index in [1.807, 2.05) is 27.0 Å². The number of aryl methyl sites for hydroxylation is 2. The van der Waals surface area contributed by atoms with Gasteiger partial charge in [-0.2, -0.15) is 12.7 Å². The number of carbonyl (C=O) groups is 2. The quantitative estimate of drug-likeness (QED) is 0.269. The van der Waals surface area contributed by atoms with Crippen LogP contribution in [0.2, 0.25) is 0 Å². The topological polar surface area (TPSA) is 142 Å².